The monoisotopic (exact) mass is 220 g/mol. The van der Waals surface area contributed by atoms with E-state index in [1.807, 2.05) is 18.2 Å². The molecule has 0 aliphatic rings. The van der Waals surface area contributed by atoms with Gasteiger partial charge in [0.25, 0.3) is 0 Å². The van der Waals surface area contributed by atoms with E-state index in [1.54, 1.807) is 13.2 Å². The number of allylic oxidation sites excluding steroid dienone is 1. The Bertz CT molecular complexity index is 383. The molecule has 0 heterocycles. The van der Waals surface area contributed by atoms with Crippen LogP contribution in [0.25, 0.3) is 0 Å². The maximum Gasteiger partial charge on any atom is 0.309 e. The predicted molar refractivity (Wildman–Crippen MR) is 62.6 cm³/mol. The Morgan fingerprint density at radius 2 is 2.19 bits per heavy atom. The van der Waals surface area contributed by atoms with Crippen molar-refractivity contribution in [3.8, 4) is 5.75 Å². The average Bonchev–Trinajstić information content (AvgIpc) is 2.30. The lowest BCUT2D eigenvalue weighted by atomic mass is 10.0. The van der Waals surface area contributed by atoms with Gasteiger partial charge < -0.3 is 9.47 Å². The molecule has 3 heteroatoms. The smallest absolute Gasteiger partial charge is 0.309 e. The Kier molecular flexibility index (Phi) is 4.58. The fourth-order valence-electron chi connectivity index (χ4n) is 1.50. The van der Waals surface area contributed by atoms with Crippen LogP contribution in [-0.2, 0) is 22.4 Å². The number of hydrogen-bond donors (Lipinski definition) is 0. The second-order valence-electron chi connectivity index (χ2n) is 3.39. The van der Waals surface area contributed by atoms with E-state index in [9.17, 15) is 4.79 Å². The molecule has 0 atom stereocenters. The van der Waals surface area contributed by atoms with Crippen LogP contribution in [-0.4, -0.2) is 20.2 Å². The summed E-state index contributed by atoms with van der Waals surface area (Å²) in [6.07, 6.45) is 2.81. The second kappa shape index (κ2) is 5.95. The summed E-state index contributed by atoms with van der Waals surface area (Å²) in [5.41, 5.74) is 1.95. The molecule has 0 fully saturated rings. The standard InChI is InChI=1S/C13H16O3/c1-4-5-11-8-10(9-13(14)16-3)6-7-12(11)15-2/h4,6-8H,1,5,9H2,2-3H3. The van der Waals surface area contributed by atoms with Gasteiger partial charge in [0.2, 0.25) is 0 Å². The van der Waals surface area contributed by atoms with Crippen molar-refractivity contribution in [3.63, 3.8) is 0 Å². The molecule has 3 nitrogen and oxygen atoms in total. The van der Waals surface area contributed by atoms with Gasteiger partial charge in [0, 0.05) is 0 Å². The van der Waals surface area contributed by atoms with Crippen molar-refractivity contribution in [1.29, 1.82) is 0 Å². The zero-order valence-electron chi connectivity index (χ0n) is 9.66. The van der Waals surface area contributed by atoms with Gasteiger partial charge in [-0.3, -0.25) is 4.79 Å². The maximum atomic E-state index is 11.1. The van der Waals surface area contributed by atoms with Gasteiger partial charge in [0.05, 0.1) is 20.6 Å². The molecule has 1 aromatic carbocycles. The van der Waals surface area contributed by atoms with E-state index in [4.69, 9.17) is 4.74 Å². The Morgan fingerprint density at radius 1 is 1.44 bits per heavy atom. The molecular weight excluding hydrogens is 204 g/mol. The molecular formula is C13H16O3. The number of carbonyl (C=O) groups excluding carboxylic acids is 1. The summed E-state index contributed by atoms with van der Waals surface area (Å²) >= 11 is 0. The Balaban J connectivity index is 2.92. The van der Waals surface area contributed by atoms with Crippen LogP contribution >= 0.6 is 0 Å². The minimum Gasteiger partial charge on any atom is -0.496 e. The number of esters is 1. The Hall–Kier alpha value is -1.77. The molecule has 16 heavy (non-hydrogen) atoms. The zero-order valence-corrected chi connectivity index (χ0v) is 9.66. The summed E-state index contributed by atoms with van der Waals surface area (Å²) in [6.45, 7) is 3.69. The van der Waals surface area contributed by atoms with Gasteiger partial charge >= 0.3 is 5.97 Å². The van der Waals surface area contributed by atoms with E-state index in [-0.39, 0.29) is 12.4 Å². The molecule has 86 valence electrons. The number of benzene rings is 1. The molecule has 0 saturated carbocycles. The van der Waals surface area contributed by atoms with Crippen LogP contribution in [0.1, 0.15) is 11.1 Å². The van der Waals surface area contributed by atoms with Gasteiger partial charge in [0.15, 0.2) is 0 Å². The van der Waals surface area contributed by atoms with Crippen LogP contribution in [0.4, 0.5) is 0 Å². The predicted octanol–water partition coefficient (Wildman–Crippen LogP) is 2.14. The van der Waals surface area contributed by atoms with Crippen molar-refractivity contribution in [2.24, 2.45) is 0 Å². The average molecular weight is 220 g/mol. The first-order valence-corrected chi connectivity index (χ1v) is 5.04. The molecule has 0 amide bonds. The van der Waals surface area contributed by atoms with Gasteiger partial charge in [-0.15, -0.1) is 6.58 Å². The number of hydrogen-bond acceptors (Lipinski definition) is 3. The van der Waals surface area contributed by atoms with Crippen molar-refractivity contribution in [1.82, 2.24) is 0 Å². The molecule has 0 aromatic heterocycles. The first-order valence-electron chi connectivity index (χ1n) is 5.04. The number of methoxy groups -OCH3 is 2. The van der Waals surface area contributed by atoms with Crippen LogP contribution in [0, 0.1) is 0 Å². The topological polar surface area (TPSA) is 35.5 Å². The summed E-state index contributed by atoms with van der Waals surface area (Å²) in [4.78, 5) is 11.1. The fourth-order valence-corrected chi connectivity index (χ4v) is 1.50. The third kappa shape index (κ3) is 3.12. The van der Waals surface area contributed by atoms with Gasteiger partial charge in [-0.25, -0.2) is 0 Å². The largest absolute Gasteiger partial charge is 0.496 e. The zero-order chi connectivity index (χ0) is 12.0. The van der Waals surface area contributed by atoms with Gasteiger partial charge in [-0.2, -0.15) is 0 Å². The molecule has 0 saturated heterocycles. The summed E-state index contributed by atoms with van der Waals surface area (Å²) in [7, 11) is 3.01. The lowest BCUT2D eigenvalue weighted by Crippen LogP contribution is -2.05. The molecule has 1 aromatic rings. The molecule has 0 N–H and O–H groups in total. The molecule has 0 unspecified atom stereocenters. The van der Waals surface area contributed by atoms with E-state index < -0.39 is 0 Å². The van der Waals surface area contributed by atoms with Crippen LogP contribution in [0.15, 0.2) is 30.9 Å². The van der Waals surface area contributed by atoms with Gasteiger partial charge in [-0.05, 0) is 23.6 Å². The first-order chi connectivity index (χ1) is 7.71. The number of rotatable bonds is 5. The van der Waals surface area contributed by atoms with Crippen LogP contribution in [0.5, 0.6) is 5.75 Å². The highest BCUT2D eigenvalue weighted by Crippen LogP contribution is 2.21. The first kappa shape index (κ1) is 12.3. The molecule has 0 radical (unpaired) electrons. The number of carbonyl (C=O) groups is 1. The summed E-state index contributed by atoms with van der Waals surface area (Å²) in [5.74, 6) is 0.572. The highest BCUT2D eigenvalue weighted by atomic mass is 16.5. The van der Waals surface area contributed by atoms with Crippen molar-refractivity contribution >= 4 is 5.97 Å². The minimum absolute atomic E-state index is 0.241. The van der Waals surface area contributed by atoms with E-state index in [1.165, 1.54) is 7.11 Å². The summed E-state index contributed by atoms with van der Waals surface area (Å²) in [6, 6.07) is 5.66. The van der Waals surface area contributed by atoms with Crippen LogP contribution in [0.2, 0.25) is 0 Å². The highest BCUT2D eigenvalue weighted by molar-refractivity contribution is 5.72. The maximum absolute atomic E-state index is 11.1. The minimum atomic E-state index is -0.241. The second-order valence-corrected chi connectivity index (χ2v) is 3.39. The normalized spacial score (nSPS) is 9.62. The Labute approximate surface area is 95.7 Å². The molecule has 0 bridgehead atoms. The quantitative estimate of drug-likeness (QED) is 0.563. The third-order valence-electron chi connectivity index (χ3n) is 2.29. The molecule has 0 spiro atoms. The van der Waals surface area contributed by atoms with Crippen LogP contribution in [0.3, 0.4) is 0 Å². The SMILES string of the molecule is C=CCc1cc(CC(=O)OC)ccc1OC. The van der Waals surface area contributed by atoms with E-state index >= 15 is 0 Å². The molecule has 0 aliphatic heterocycles. The van der Waals surface area contributed by atoms with E-state index in [0.29, 0.717) is 0 Å². The van der Waals surface area contributed by atoms with Crippen molar-refractivity contribution in [2.75, 3.05) is 14.2 Å². The van der Waals surface area contributed by atoms with Crippen LogP contribution < -0.4 is 4.74 Å². The van der Waals surface area contributed by atoms with Gasteiger partial charge in [-0.1, -0.05) is 18.2 Å². The summed E-state index contributed by atoms with van der Waals surface area (Å²) in [5, 5.41) is 0. The molecule has 0 aliphatic carbocycles. The fraction of sp³-hybridized carbons (Fsp3) is 0.308. The van der Waals surface area contributed by atoms with Crippen molar-refractivity contribution < 1.29 is 14.3 Å². The van der Waals surface area contributed by atoms with Gasteiger partial charge in [0.1, 0.15) is 5.75 Å². The number of ether oxygens (including phenoxy) is 2. The van der Waals surface area contributed by atoms with Crippen molar-refractivity contribution in [2.45, 2.75) is 12.8 Å². The summed E-state index contributed by atoms with van der Waals surface area (Å²) < 4.78 is 9.84. The lowest BCUT2D eigenvalue weighted by molar-refractivity contribution is -0.139. The lowest BCUT2D eigenvalue weighted by Gasteiger charge is -2.08. The third-order valence-corrected chi connectivity index (χ3v) is 2.29. The van der Waals surface area contributed by atoms with E-state index in [2.05, 4.69) is 11.3 Å². The highest BCUT2D eigenvalue weighted by Gasteiger charge is 2.06. The van der Waals surface area contributed by atoms with E-state index in [0.717, 1.165) is 23.3 Å². The van der Waals surface area contributed by atoms with Crippen molar-refractivity contribution in [3.05, 3.63) is 42.0 Å². The Morgan fingerprint density at radius 3 is 2.75 bits per heavy atom. The molecule has 1 rings (SSSR count).